The van der Waals surface area contributed by atoms with Crippen molar-refractivity contribution in [3.05, 3.63) is 92.7 Å². The molecule has 0 aliphatic heterocycles. The van der Waals surface area contributed by atoms with E-state index in [1.807, 2.05) is 0 Å². The monoisotopic (exact) mass is 364 g/mol. The number of nitro groups is 1. The molecule has 1 amide bonds. The highest BCUT2D eigenvalue weighted by Crippen LogP contribution is 2.20. The number of hydrogen-bond acceptors (Lipinski definition) is 4. The molecule has 0 bridgehead atoms. The van der Waals surface area contributed by atoms with Crippen molar-refractivity contribution in [3.63, 3.8) is 0 Å². The van der Waals surface area contributed by atoms with Gasteiger partial charge in [0.2, 0.25) is 5.91 Å². The van der Waals surface area contributed by atoms with Crippen LogP contribution in [0.4, 0.5) is 11.4 Å². The normalized spacial score (nSPS) is 10.9. The maximum absolute atomic E-state index is 12.3. The minimum Gasteiger partial charge on any atom is -0.321 e. The zero-order valence-corrected chi connectivity index (χ0v) is 14.4. The number of anilines is 1. The molecular weight excluding hydrogens is 348 g/mol. The Labute approximate surface area is 153 Å². The fourth-order valence-corrected chi connectivity index (χ4v) is 2.62. The number of benzene rings is 2. The van der Waals surface area contributed by atoms with Gasteiger partial charge in [-0.15, -0.1) is 0 Å². The van der Waals surface area contributed by atoms with Gasteiger partial charge >= 0.3 is 5.69 Å². The number of aryl methyl sites for hydroxylation is 1. The highest BCUT2D eigenvalue weighted by atomic mass is 16.6. The Balaban J connectivity index is 1.82. The SMILES string of the molecule is Cc1c[nH]c(=O)n1-c1ccccc1NC(=O)/C=C/c1cccc([N+](=O)[O-])c1. The van der Waals surface area contributed by atoms with Crippen molar-refractivity contribution in [1.82, 2.24) is 9.55 Å². The van der Waals surface area contributed by atoms with Crippen molar-refractivity contribution in [2.45, 2.75) is 6.92 Å². The first-order chi connectivity index (χ1) is 13.0. The molecule has 136 valence electrons. The molecule has 0 unspecified atom stereocenters. The number of imidazole rings is 1. The van der Waals surface area contributed by atoms with Crippen LogP contribution in [0.3, 0.4) is 0 Å². The van der Waals surface area contributed by atoms with Gasteiger partial charge in [-0.1, -0.05) is 24.3 Å². The number of hydrogen-bond donors (Lipinski definition) is 2. The third kappa shape index (κ3) is 4.01. The van der Waals surface area contributed by atoms with E-state index in [9.17, 15) is 19.7 Å². The van der Waals surface area contributed by atoms with Crippen LogP contribution >= 0.6 is 0 Å². The molecule has 3 rings (SSSR count). The van der Waals surface area contributed by atoms with Crippen LogP contribution in [0.1, 0.15) is 11.3 Å². The third-order valence-corrected chi connectivity index (χ3v) is 3.87. The second kappa shape index (κ2) is 7.52. The lowest BCUT2D eigenvalue weighted by atomic mass is 10.2. The first kappa shape index (κ1) is 17.9. The van der Waals surface area contributed by atoms with E-state index in [0.717, 1.165) is 0 Å². The van der Waals surface area contributed by atoms with E-state index in [1.165, 1.54) is 28.9 Å². The molecule has 0 aliphatic rings. The number of carbonyl (C=O) groups excluding carboxylic acids is 1. The molecule has 1 heterocycles. The summed E-state index contributed by atoms with van der Waals surface area (Å²) in [5.41, 5.74) is 1.89. The summed E-state index contributed by atoms with van der Waals surface area (Å²) in [4.78, 5) is 37.2. The number of non-ortho nitro benzene ring substituents is 1. The summed E-state index contributed by atoms with van der Waals surface area (Å²) >= 11 is 0. The number of rotatable bonds is 5. The van der Waals surface area contributed by atoms with E-state index in [1.54, 1.807) is 49.5 Å². The summed E-state index contributed by atoms with van der Waals surface area (Å²) in [6.45, 7) is 1.78. The van der Waals surface area contributed by atoms with E-state index >= 15 is 0 Å². The number of aromatic nitrogens is 2. The molecule has 0 spiro atoms. The molecule has 0 saturated carbocycles. The summed E-state index contributed by atoms with van der Waals surface area (Å²) in [7, 11) is 0. The Morgan fingerprint density at radius 2 is 2.00 bits per heavy atom. The Morgan fingerprint density at radius 1 is 1.22 bits per heavy atom. The van der Waals surface area contributed by atoms with Crippen LogP contribution in [-0.4, -0.2) is 20.4 Å². The summed E-state index contributed by atoms with van der Waals surface area (Å²) in [6.07, 6.45) is 4.35. The van der Waals surface area contributed by atoms with Crippen molar-refractivity contribution >= 4 is 23.4 Å². The maximum Gasteiger partial charge on any atom is 0.330 e. The van der Waals surface area contributed by atoms with Crippen molar-refractivity contribution in [2.24, 2.45) is 0 Å². The van der Waals surface area contributed by atoms with E-state index in [2.05, 4.69) is 10.3 Å². The van der Waals surface area contributed by atoms with Gasteiger partial charge in [0.05, 0.1) is 16.3 Å². The van der Waals surface area contributed by atoms with Crippen LogP contribution < -0.4 is 11.0 Å². The van der Waals surface area contributed by atoms with E-state index in [-0.39, 0.29) is 11.4 Å². The lowest BCUT2D eigenvalue weighted by Crippen LogP contribution is -2.18. The molecule has 8 heteroatoms. The number of amides is 1. The number of carbonyl (C=O) groups is 1. The highest BCUT2D eigenvalue weighted by Gasteiger charge is 2.11. The van der Waals surface area contributed by atoms with Gasteiger partial charge in [0.15, 0.2) is 0 Å². The fourth-order valence-electron chi connectivity index (χ4n) is 2.62. The molecule has 3 aromatic rings. The Kier molecular flexibility index (Phi) is 4.98. The molecule has 27 heavy (non-hydrogen) atoms. The number of aromatic amines is 1. The summed E-state index contributed by atoms with van der Waals surface area (Å²) in [6, 6.07) is 12.9. The largest absolute Gasteiger partial charge is 0.330 e. The maximum atomic E-state index is 12.3. The molecule has 0 aliphatic carbocycles. The van der Waals surface area contributed by atoms with Crippen LogP contribution in [0.2, 0.25) is 0 Å². The molecule has 1 aromatic heterocycles. The quantitative estimate of drug-likeness (QED) is 0.412. The minimum absolute atomic E-state index is 0.0507. The molecule has 2 aromatic carbocycles. The number of nitro benzene ring substituents is 1. The first-order valence-corrected chi connectivity index (χ1v) is 8.05. The molecule has 0 atom stereocenters. The molecule has 2 N–H and O–H groups in total. The average Bonchev–Trinajstić information content (AvgIpc) is 2.99. The van der Waals surface area contributed by atoms with Crippen LogP contribution in [-0.2, 0) is 4.79 Å². The third-order valence-electron chi connectivity index (χ3n) is 3.87. The van der Waals surface area contributed by atoms with Gasteiger partial charge in [-0.25, -0.2) is 4.79 Å². The second-order valence-electron chi connectivity index (χ2n) is 5.76. The van der Waals surface area contributed by atoms with Crippen LogP contribution in [0.5, 0.6) is 0 Å². The fraction of sp³-hybridized carbons (Fsp3) is 0.0526. The average molecular weight is 364 g/mol. The zero-order valence-electron chi connectivity index (χ0n) is 14.4. The first-order valence-electron chi connectivity index (χ1n) is 8.05. The predicted octanol–water partition coefficient (Wildman–Crippen LogP) is 3.03. The Hall–Kier alpha value is -3.94. The Bertz CT molecular complexity index is 1090. The van der Waals surface area contributed by atoms with Crippen LogP contribution in [0.25, 0.3) is 11.8 Å². The second-order valence-corrected chi connectivity index (χ2v) is 5.76. The van der Waals surface area contributed by atoms with E-state index < -0.39 is 10.8 Å². The van der Waals surface area contributed by atoms with E-state index in [0.29, 0.717) is 22.6 Å². The van der Waals surface area contributed by atoms with Crippen molar-refractivity contribution in [1.29, 1.82) is 0 Å². The lowest BCUT2D eigenvalue weighted by Gasteiger charge is -2.11. The van der Waals surface area contributed by atoms with Gasteiger partial charge < -0.3 is 10.3 Å². The van der Waals surface area contributed by atoms with Gasteiger partial charge in [0.25, 0.3) is 5.69 Å². The van der Waals surface area contributed by atoms with Crippen molar-refractivity contribution < 1.29 is 9.72 Å². The van der Waals surface area contributed by atoms with Crippen molar-refractivity contribution in [3.8, 4) is 5.69 Å². The number of H-pyrrole nitrogens is 1. The topological polar surface area (TPSA) is 110 Å². The number of nitrogens with one attached hydrogen (secondary N) is 2. The highest BCUT2D eigenvalue weighted by molar-refractivity contribution is 6.03. The van der Waals surface area contributed by atoms with E-state index in [4.69, 9.17) is 0 Å². The zero-order chi connectivity index (χ0) is 19.4. The summed E-state index contributed by atoms with van der Waals surface area (Å²) < 4.78 is 1.46. The van der Waals surface area contributed by atoms with Crippen LogP contribution in [0.15, 0.2) is 65.6 Å². The summed E-state index contributed by atoms with van der Waals surface area (Å²) in [5, 5.41) is 13.5. The molecule has 8 nitrogen and oxygen atoms in total. The summed E-state index contributed by atoms with van der Waals surface area (Å²) in [5.74, 6) is -0.421. The van der Waals surface area contributed by atoms with Gasteiger partial charge in [0, 0.05) is 30.1 Å². The lowest BCUT2D eigenvalue weighted by molar-refractivity contribution is -0.384. The number of nitrogens with zero attached hydrogens (tertiary/aromatic N) is 2. The molecule has 0 fully saturated rings. The van der Waals surface area contributed by atoms with Gasteiger partial charge in [-0.2, -0.15) is 0 Å². The minimum atomic E-state index is -0.495. The van der Waals surface area contributed by atoms with Gasteiger partial charge in [-0.3, -0.25) is 19.5 Å². The number of para-hydroxylation sites is 2. The van der Waals surface area contributed by atoms with Crippen molar-refractivity contribution in [2.75, 3.05) is 5.32 Å². The molecular formula is C19H16N4O4. The van der Waals surface area contributed by atoms with Gasteiger partial charge in [0.1, 0.15) is 0 Å². The van der Waals surface area contributed by atoms with Crippen LogP contribution in [0, 0.1) is 17.0 Å². The standard InChI is InChI=1S/C19H16N4O4/c1-13-12-20-19(25)22(13)17-8-3-2-7-16(17)21-18(24)10-9-14-5-4-6-15(11-14)23(26)27/h2-12H,1H3,(H,20,25)(H,21,24)/b10-9+. The van der Waals surface area contributed by atoms with Gasteiger partial charge in [-0.05, 0) is 30.7 Å². The predicted molar refractivity (Wildman–Crippen MR) is 102 cm³/mol. The molecule has 0 saturated heterocycles. The molecule has 0 radical (unpaired) electrons. The smallest absolute Gasteiger partial charge is 0.321 e. The Morgan fingerprint density at radius 3 is 2.70 bits per heavy atom.